The Labute approximate surface area is 108 Å². The molecule has 96 valence electrons. The number of nitrogens with two attached hydrogens (primary N) is 1. The Morgan fingerprint density at radius 1 is 1.56 bits per heavy atom. The molecule has 1 atom stereocenters. The van der Waals surface area contributed by atoms with Crippen LogP contribution in [-0.4, -0.2) is 24.6 Å². The van der Waals surface area contributed by atoms with Crippen LogP contribution in [-0.2, 0) is 0 Å². The highest BCUT2D eigenvalue weighted by atomic mass is 15.1. The number of anilines is 1. The van der Waals surface area contributed by atoms with Crippen molar-refractivity contribution in [3.63, 3.8) is 0 Å². The molecule has 0 saturated carbocycles. The summed E-state index contributed by atoms with van der Waals surface area (Å²) in [6.07, 6.45) is 2.34. The molecule has 0 spiro atoms. The minimum atomic E-state index is 0.541. The van der Waals surface area contributed by atoms with Crippen molar-refractivity contribution < 1.29 is 0 Å². The molecular weight excluding hydrogens is 224 g/mol. The fourth-order valence-electron chi connectivity index (χ4n) is 2.67. The van der Waals surface area contributed by atoms with E-state index in [2.05, 4.69) is 16.0 Å². The van der Waals surface area contributed by atoms with Gasteiger partial charge in [-0.2, -0.15) is 5.26 Å². The third-order valence-electron chi connectivity index (χ3n) is 3.61. The summed E-state index contributed by atoms with van der Waals surface area (Å²) in [6.45, 7) is 6.56. The molecule has 1 fully saturated rings. The van der Waals surface area contributed by atoms with Crippen LogP contribution in [0.25, 0.3) is 0 Å². The van der Waals surface area contributed by atoms with Crippen molar-refractivity contribution in [1.29, 1.82) is 5.26 Å². The predicted octanol–water partition coefficient (Wildman–Crippen LogP) is 1.75. The highest BCUT2D eigenvalue weighted by Gasteiger charge is 2.22. The van der Waals surface area contributed by atoms with Gasteiger partial charge >= 0.3 is 0 Å². The van der Waals surface area contributed by atoms with Crippen LogP contribution in [0.5, 0.6) is 0 Å². The van der Waals surface area contributed by atoms with Gasteiger partial charge in [-0.15, -0.1) is 0 Å². The van der Waals surface area contributed by atoms with Gasteiger partial charge in [0.15, 0.2) is 0 Å². The Kier molecular flexibility index (Phi) is 3.83. The van der Waals surface area contributed by atoms with Crippen molar-refractivity contribution in [3.05, 3.63) is 23.0 Å². The molecule has 4 nitrogen and oxygen atoms in total. The van der Waals surface area contributed by atoms with Gasteiger partial charge in [0.2, 0.25) is 0 Å². The molecule has 1 aromatic heterocycles. The van der Waals surface area contributed by atoms with Gasteiger partial charge in [-0.05, 0) is 45.2 Å². The molecule has 0 radical (unpaired) electrons. The minimum absolute atomic E-state index is 0.541. The zero-order chi connectivity index (χ0) is 13.1. The lowest BCUT2D eigenvalue weighted by Crippen LogP contribution is -2.38. The van der Waals surface area contributed by atoms with E-state index in [0.29, 0.717) is 11.5 Å². The van der Waals surface area contributed by atoms with Crippen LogP contribution in [0, 0.1) is 31.1 Å². The van der Waals surface area contributed by atoms with E-state index in [1.165, 1.54) is 6.42 Å². The summed E-state index contributed by atoms with van der Waals surface area (Å²) in [5.74, 6) is 0.541. The normalized spacial score (nSPS) is 19.7. The van der Waals surface area contributed by atoms with Crippen molar-refractivity contribution in [2.45, 2.75) is 26.7 Å². The minimum Gasteiger partial charge on any atom is -0.370 e. The molecule has 0 aliphatic carbocycles. The van der Waals surface area contributed by atoms with Crippen LogP contribution in [0.3, 0.4) is 0 Å². The van der Waals surface area contributed by atoms with E-state index in [-0.39, 0.29) is 0 Å². The molecule has 18 heavy (non-hydrogen) atoms. The first-order valence-electron chi connectivity index (χ1n) is 6.49. The van der Waals surface area contributed by atoms with E-state index in [1.807, 2.05) is 19.9 Å². The number of aromatic nitrogens is 1. The molecule has 1 unspecified atom stereocenters. The summed E-state index contributed by atoms with van der Waals surface area (Å²) in [5, 5.41) is 9.30. The molecule has 2 heterocycles. The van der Waals surface area contributed by atoms with Gasteiger partial charge in [-0.3, -0.25) is 4.98 Å². The second kappa shape index (κ2) is 5.36. The number of nitrogens with zero attached hydrogens (tertiary/aromatic N) is 3. The number of nitriles is 1. The standard InChI is InChI=1S/C14H20N4/c1-10-6-14(13(8-16)11(2)17-10)18-5-3-4-12(7-15)9-18/h6,12H,3-5,7,9,15H2,1-2H3. The van der Waals surface area contributed by atoms with E-state index >= 15 is 0 Å². The van der Waals surface area contributed by atoms with E-state index < -0.39 is 0 Å². The van der Waals surface area contributed by atoms with E-state index in [4.69, 9.17) is 5.73 Å². The van der Waals surface area contributed by atoms with Crippen LogP contribution in [0.4, 0.5) is 5.69 Å². The molecule has 2 N–H and O–H groups in total. The molecule has 0 amide bonds. The van der Waals surface area contributed by atoms with Gasteiger partial charge < -0.3 is 10.6 Å². The van der Waals surface area contributed by atoms with Crippen LogP contribution in [0.1, 0.15) is 29.8 Å². The summed E-state index contributed by atoms with van der Waals surface area (Å²) in [4.78, 5) is 6.66. The molecule has 2 rings (SSSR count). The average Bonchev–Trinajstić information content (AvgIpc) is 2.38. The Morgan fingerprint density at radius 2 is 2.33 bits per heavy atom. The Morgan fingerprint density at radius 3 is 3.00 bits per heavy atom. The SMILES string of the molecule is Cc1cc(N2CCCC(CN)C2)c(C#N)c(C)n1. The number of pyridine rings is 1. The maximum atomic E-state index is 9.30. The number of hydrogen-bond donors (Lipinski definition) is 1. The van der Waals surface area contributed by atoms with Gasteiger partial charge in [-0.1, -0.05) is 0 Å². The third-order valence-corrected chi connectivity index (χ3v) is 3.61. The first-order valence-corrected chi connectivity index (χ1v) is 6.49. The smallest absolute Gasteiger partial charge is 0.103 e. The predicted molar refractivity (Wildman–Crippen MR) is 72.4 cm³/mol. The lowest BCUT2D eigenvalue weighted by atomic mass is 9.97. The molecule has 1 aliphatic heterocycles. The topological polar surface area (TPSA) is 65.9 Å². The van der Waals surface area contributed by atoms with Crippen LogP contribution in [0.15, 0.2) is 6.07 Å². The zero-order valence-corrected chi connectivity index (χ0v) is 11.1. The van der Waals surface area contributed by atoms with Crippen molar-refractivity contribution in [2.24, 2.45) is 11.7 Å². The maximum Gasteiger partial charge on any atom is 0.103 e. The quantitative estimate of drug-likeness (QED) is 0.860. The van der Waals surface area contributed by atoms with Crippen molar-refractivity contribution >= 4 is 5.69 Å². The Hall–Kier alpha value is -1.60. The van der Waals surface area contributed by atoms with Crippen LogP contribution >= 0.6 is 0 Å². The zero-order valence-electron chi connectivity index (χ0n) is 11.1. The van der Waals surface area contributed by atoms with E-state index in [9.17, 15) is 5.26 Å². The number of aryl methyl sites for hydroxylation is 2. The number of rotatable bonds is 2. The summed E-state index contributed by atoms with van der Waals surface area (Å²) < 4.78 is 0. The maximum absolute atomic E-state index is 9.30. The third kappa shape index (κ3) is 2.46. The number of hydrogen-bond acceptors (Lipinski definition) is 4. The van der Waals surface area contributed by atoms with E-state index in [1.54, 1.807) is 0 Å². The van der Waals surface area contributed by atoms with Gasteiger partial charge in [0.05, 0.1) is 16.9 Å². The highest BCUT2D eigenvalue weighted by molar-refractivity contribution is 5.61. The van der Waals surface area contributed by atoms with Crippen molar-refractivity contribution in [3.8, 4) is 6.07 Å². The number of piperidine rings is 1. The first-order chi connectivity index (χ1) is 8.65. The molecule has 0 bridgehead atoms. The highest BCUT2D eigenvalue weighted by Crippen LogP contribution is 2.27. The fraction of sp³-hybridized carbons (Fsp3) is 0.571. The summed E-state index contributed by atoms with van der Waals surface area (Å²) in [5.41, 5.74) is 9.30. The van der Waals surface area contributed by atoms with Gasteiger partial charge in [0.1, 0.15) is 6.07 Å². The van der Waals surface area contributed by atoms with Crippen molar-refractivity contribution in [2.75, 3.05) is 24.5 Å². The molecule has 1 aromatic rings. The van der Waals surface area contributed by atoms with Crippen LogP contribution in [0.2, 0.25) is 0 Å². The Balaban J connectivity index is 2.35. The molecule has 1 saturated heterocycles. The second-order valence-electron chi connectivity index (χ2n) is 5.04. The monoisotopic (exact) mass is 244 g/mol. The molecule has 1 aliphatic rings. The lowest BCUT2D eigenvalue weighted by Gasteiger charge is -2.34. The van der Waals surface area contributed by atoms with E-state index in [0.717, 1.165) is 43.1 Å². The molecular formula is C14H20N4. The second-order valence-corrected chi connectivity index (χ2v) is 5.04. The molecule has 4 heteroatoms. The molecule has 0 aromatic carbocycles. The largest absolute Gasteiger partial charge is 0.370 e. The van der Waals surface area contributed by atoms with Gasteiger partial charge in [0.25, 0.3) is 0 Å². The first kappa shape index (κ1) is 12.8. The van der Waals surface area contributed by atoms with Crippen molar-refractivity contribution in [1.82, 2.24) is 4.98 Å². The fourth-order valence-corrected chi connectivity index (χ4v) is 2.67. The van der Waals surface area contributed by atoms with Crippen LogP contribution < -0.4 is 10.6 Å². The summed E-state index contributed by atoms with van der Waals surface area (Å²) >= 11 is 0. The Bertz CT molecular complexity index is 475. The summed E-state index contributed by atoms with van der Waals surface area (Å²) in [6, 6.07) is 4.30. The van der Waals surface area contributed by atoms with Gasteiger partial charge in [-0.25, -0.2) is 0 Å². The lowest BCUT2D eigenvalue weighted by molar-refractivity contribution is 0.423. The summed E-state index contributed by atoms with van der Waals surface area (Å²) in [7, 11) is 0. The van der Waals surface area contributed by atoms with Gasteiger partial charge in [0, 0.05) is 18.8 Å². The average molecular weight is 244 g/mol.